The van der Waals surface area contributed by atoms with Crippen molar-refractivity contribution in [2.45, 2.75) is 20.4 Å². The molecule has 0 radical (unpaired) electrons. The number of carbonyl (C=O) groups is 1. The summed E-state index contributed by atoms with van der Waals surface area (Å²) in [7, 11) is 0. The predicted octanol–water partition coefficient (Wildman–Crippen LogP) is 4.57. The summed E-state index contributed by atoms with van der Waals surface area (Å²) in [5, 5.41) is 10.2. The minimum Gasteiger partial charge on any atom is -0.296 e. The van der Waals surface area contributed by atoms with Crippen LogP contribution in [-0.4, -0.2) is 20.7 Å². The molecule has 0 aliphatic carbocycles. The van der Waals surface area contributed by atoms with Crippen LogP contribution in [0.2, 0.25) is 0 Å². The number of thiazole rings is 1. The summed E-state index contributed by atoms with van der Waals surface area (Å²) in [6.07, 6.45) is 0. The number of halogens is 1. The van der Waals surface area contributed by atoms with E-state index in [-0.39, 0.29) is 23.0 Å². The summed E-state index contributed by atoms with van der Waals surface area (Å²) in [6, 6.07) is 12.9. The second kappa shape index (κ2) is 8.16. The zero-order valence-electron chi connectivity index (χ0n) is 16.4. The fourth-order valence-electron chi connectivity index (χ4n) is 3.11. The molecule has 0 saturated carbocycles. The molecule has 0 aliphatic rings. The van der Waals surface area contributed by atoms with E-state index < -0.39 is 5.91 Å². The number of rotatable bonds is 5. The van der Waals surface area contributed by atoms with Crippen LogP contribution < -0.4 is 10.9 Å². The number of carbonyl (C=O) groups excluding carboxylic acids is 1. The zero-order chi connectivity index (χ0) is 21.3. The van der Waals surface area contributed by atoms with Gasteiger partial charge >= 0.3 is 0 Å². The molecule has 30 heavy (non-hydrogen) atoms. The molecule has 1 N–H and O–H groups in total. The Bertz CT molecular complexity index is 1280. The van der Waals surface area contributed by atoms with Crippen LogP contribution in [0.4, 0.5) is 9.52 Å². The van der Waals surface area contributed by atoms with E-state index in [1.165, 1.54) is 28.2 Å². The third kappa shape index (κ3) is 3.99. The quantitative estimate of drug-likeness (QED) is 0.511. The molecule has 0 bridgehead atoms. The van der Waals surface area contributed by atoms with Gasteiger partial charge in [0.25, 0.3) is 11.5 Å². The fraction of sp³-hybridized carbons (Fsp3) is 0.182. The lowest BCUT2D eigenvalue weighted by Crippen LogP contribution is -2.29. The van der Waals surface area contributed by atoms with E-state index in [0.29, 0.717) is 28.1 Å². The number of nitrogens with zero attached hydrogens (tertiary/aromatic N) is 3. The van der Waals surface area contributed by atoms with Crippen LogP contribution in [0.5, 0.6) is 0 Å². The minimum atomic E-state index is -0.441. The Labute approximate surface area is 176 Å². The third-order valence-corrected chi connectivity index (χ3v) is 5.24. The first-order valence-electron chi connectivity index (χ1n) is 9.45. The standard InChI is InChI=1S/C22H19FN4O2S/c1-13(2)11-27-21(29)17-6-4-3-5-16(17)19(26-27)20(28)25-22-24-18(12-30-22)14-7-9-15(23)10-8-14/h3-10,12-13H,11H2,1-2H3,(H,24,25,28). The fourth-order valence-corrected chi connectivity index (χ4v) is 3.83. The summed E-state index contributed by atoms with van der Waals surface area (Å²) < 4.78 is 14.5. The van der Waals surface area contributed by atoms with Gasteiger partial charge in [0.2, 0.25) is 0 Å². The Balaban J connectivity index is 1.67. The molecule has 2 heterocycles. The smallest absolute Gasteiger partial charge is 0.278 e. The van der Waals surface area contributed by atoms with Crippen molar-refractivity contribution in [1.29, 1.82) is 0 Å². The Morgan fingerprint density at radius 2 is 1.83 bits per heavy atom. The van der Waals surface area contributed by atoms with Crippen LogP contribution in [0.25, 0.3) is 22.0 Å². The second-order valence-electron chi connectivity index (χ2n) is 7.27. The molecule has 0 unspecified atom stereocenters. The zero-order valence-corrected chi connectivity index (χ0v) is 17.2. The number of hydrogen-bond donors (Lipinski definition) is 1. The van der Waals surface area contributed by atoms with Crippen molar-refractivity contribution < 1.29 is 9.18 Å². The Hall–Kier alpha value is -3.39. The summed E-state index contributed by atoms with van der Waals surface area (Å²) in [5.41, 5.74) is 1.34. The maximum absolute atomic E-state index is 13.1. The van der Waals surface area contributed by atoms with E-state index in [9.17, 15) is 14.0 Å². The average molecular weight is 422 g/mol. The highest BCUT2D eigenvalue weighted by molar-refractivity contribution is 7.14. The van der Waals surface area contributed by atoms with Crippen LogP contribution in [0.3, 0.4) is 0 Å². The number of aromatic nitrogens is 3. The highest BCUT2D eigenvalue weighted by Crippen LogP contribution is 2.25. The topological polar surface area (TPSA) is 76.9 Å². The first kappa shape index (κ1) is 19.9. The SMILES string of the molecule is CC(C)Cn1nc(C(=O)Nc2nc(-c3ccc(F)cc3)cs2)c2ccccc2c1=O. The summed E-state index contributed by atoms with van der Waals surface area (Å²) in [6.45, 7) is 4.38. The molecule has 2 aromatic heterocycles. The number of nitrogens with one attached hydrogen (secondary N) is 1. The molecular formula is C22H19FN4O2S. The molecule has 0 saturated heterocycles. The lowest BCUT2D eigenvalue weighted by Gasteiger charge is -2.12. The van der Waals surface area contributed by atoms with Crippen molar-refractivity contribution in [3.05, 3.63) is 75.8 Å². The van der Waals surface area contributed by atoms with E-state index in [0.717, 1.165) is 5.56 Å². The van der Waals surface area contributed by atoms with Gasteiger partial charge in [0.15, 0.2) is 10.8 Å². The van der Waals surface area contributed by atoms with E-state index in [4.69, 9.17) is 0 Å². The third-order valence-electron chi connectivity index (χ3n) is 4.49. The van der Waals surface area contributed by atoms with E-state index in [2.05, 4.69) is 15.4 Å². The number of hydrogen-bond acceptors (Lipinski definition) is 5. The maximum Gasteiger partial charge on any atom is 0.278 e. The molecule has 4 aromatic rings. The molecule has 152 valence electrons. The maximum atomic E-state index is 13.1. The van der Waals surface area contributed by atoms with Gasteiger partial charge in [-0.1, -0.05) is 32.0 Å². The van der Waals surface area contributed by atoms with Gasteiger partial charge in [-0.05, 0) is 36.2 Å². The lowest BCUT2D eigenvalue weighted by atomic mass is 10.1. The highest BCUT2D eigenvalue weighted by atomic mass is 32.1. The molecular weight excluding hydrogens is 403 g/mol. The number of fused-ring (bicyclic) bond motifs is 1. The van der Waals surface area contributed by atoms with Gasteiger partial charge in [-0.15, -0.1) is 11.3 Å². The Kier molecular flexibility index (Phi) is 5.41. The van der Waals surface area contributed by atoms with Crippen molar-refractivity contribution in [2.24, 2.45) is 5.92 Å². The average Bonchev–Trinajstić information content (AvgIpc) is 3.18. The van der Waals surface area contributed by atoms with Crippen LogP contribution in [-0.2, 0) is 6.54 Å². The minimum absolute atomic E-state index is 0.171. The van der Waals surface area contributed by atoms with Gasteiger partial charge in [0, 0.05) is 22.9 Å². The normalized spacial score (nSPS) is 11.2. The van der Waals surface area contributed by atoms with E-state index in [1.807, 2.05) is 13.8 Å². The number of benzene rings is 2. The summed E-state index contributed by atoms with van der Waals surface area (Å²) in [5.74, 6) is -0.565. The van der Waals surface area contributed by atoms with Crippen LogP contribution in [0, 0.1) is 11.7 Å². The van der Waals surface area contributed by atoms with Gasteiger partial charge in [-0.25, -0.2) is 14.1 Å². The summed E-state index contributed by atoms with van der Waals surface area (Å²) >= 11 is 1.26. The van der Waals surface area contributed by atoms with Crippen molar-refractivity contribution in [3.8, 4) is 11.3 Å². The predicted molar refractivity (Wildman–Crippen MR) is 116 cm³/mol. The van der Waals surface area contributed by atoms with Crippen LogP contribution >= 0.6 is 11.3 Å². The van der Waals surface area contributed by atoms with Gasteiger partial charge in [0.05, 0.1) is 11.1 Å². The molecule has 0 atom stereocenters. The van der Waals surface area contributed by atoms with Gasteiger partial charge < -0.3 is 0 Å². The Morgan fingerprint density at radius 3 is 2.53 bits per heavy atom. The Morgan fingerprint density at radius 1 is 1.13 bits per heavy atom. The van der Waals surface area contributed by atoms with Crippen molar-refractivity contribution in [1.82, 2.24) is 14.8 Å². The molecule has 0 aliphatic heterocycles. The summed E-state index contributed by atoms with van der Waals surface area (Å²) in [4.78, 5) is 30.1. The number of anilines is 1. The first-order chi connectivity index (χ1) is 14.4. The monoisotopic (exact) mass is 422 g/mol. The van der Waals surface area contributed by atoms with E-state index in [1.54, 1.807) is 41.8 Å². The molecule has 2 aromatic carbocycles. The highest BCUT2D eigenvalue weighted by Gasteiger charge is 2.18. The van der Waals surface area contributed by atoms with Gasteiger partial charge in [0.1, 0.15) is 5.82 Å². The molecule has 0 spiro atoms. The van der Waals surface area contributed by atoms with Crippen molar-refractivity contribution in [2.75, 3.05) is 5.32 Å². The molecule has 4 rings (SSSR count). The molecule has 6 nitrogen and oxygen atoms in total. The van der Waals surface area contributed by atoms with Crippen molar-refractivity contribution in [3.63, 3.8) is 0 Å². The number of amides is 1. The first-order valence-corrected chi connectivity index (χ1v) is 10.3. The van der Waals surface area contributed by atoms with Crippen LogP contribution in [0.15, 0.2) is 58.7 Å². The van der Waals surface area contributed by atoms with Crippen LogP contribution in [0.1, 0.15) is 24.3 Å². The molecule has 8 heteroatoms. The molecule has 0 fully saturated rings. The lowest BCUT2D eigenvalue weighted by molar-refractivity contribution is 0.102. The second-order valence-corrected chi connectivity index (χ2v) is 8.13. The van der Waals surface area contributed by atoms with Gasteiger partial charge in [-0.2, -0.15) is 5.10 Å². The van der Waals surface area contributed by atoms with Gasteiger partial charge in [-0.3, -0.25) is 14.9 Å². The van der Waals surface area contributed by atoms with E-state index >= 15 is 0 Å². The van der Waals surface area contributed by atoms with Crippen molar-refractivity contribution >= 4 is 33.1 Å². The largest absolute Gasteiger partial charge is 0.296 e. The molecule has 1 amide bonds.